The Morgan fingerprint density at radius 1 is 1.25 bits per heavy atom. The van der Waals surface area contributed by atoms with Crippen molar-refractivity contribution in [2.45, 2.75) is 58.2 Å². The minimum Gasteiger partial charge on any atom is -0.480 e. The van der Waals surface area contributed by atoms with E-state index in [1.165, 1.54) is 0 Å². The minimum atomic E-state index is -0.855. The first-order valence-electron chi connectivity index (χ1n) is 7.68. The van der Waals surface area contributed by atoms with E-state index in [-0.39, 0.29) is 12.1 Å². The van der Waals surface area contributed by atoms with Crippen molar-refractivity contribution in [3.05, 3.63) is 0 Å². The molecule has 20 heavy (non-hydrogen) atoms. The highest BCUT2D eigenvalue weighted by atomic mass is 16.4. The summed E-state index contributed by atoms with van der Waals surface area (Å²) >= 11 is 0. The highest BCUT2D eigenvalue weighted by molar-refractivity contribution is 5.78. The molecule has 2 unspecified atom stereocenters. The largest absolute Gasteiger partial charge is 0.480 e. The van der Waals surface area contributed by atoms with Crippen molar-refractivity contribution < 1.29 is 9.90 Å². The third-order valence-corrected chi connectivity index (χ3v) is 4.16. The van der Waals surface area contributed by atoms with Crippen LogP contribution in [0.2, 0.25) is 0 Å². The number of nitrogens with zero attached hydrogens (tertiary/aromatic N) is 2. The van der Waals surface area contributed by atoms with Gasteiger partial charge in [-0.15, -0.1) is 0 Å². The first-order valence-corrected chi connectivity index (χ1v) is 7.68. The molecule has 0 spiro atoms. The molecule has 118 valence electrons. The second-order valence-electron chi connectivity index (χ2n) is 6.68. The molecule has 0 radical (unpaired) electrons. The molecular formula is C15H31N3O2. The number of nitrogens with one attached hydrogen (secondary N) is 1. The Kier molecular flexibility index (Phi) is 6.43. The summed E-state index contributed by atoms with van der Waals surface area (Å²) in [6.45, 7) is 12.2. The average Bonchev–Trinajstić information content (AvgIpc) is 2.52. The molecule has 1 saturated heterocycles. The second kappa shape index (κ2) is 7.38. The minimum absolute atomic E-state index is 0.165. The summed E-state index contributed by atoms with van der Waals surface area (Å²) < 4.78 is 0. The Morgan fingerprint density at radius 2 is 1.90 bits per heavy atom. The summed E-state index contributed by atoms with van der Waals surface area (Å²) in [5.74, 6) is -0.759. The van der Waals surface area contributed by atoms with Gasteiger partial charge < -0.3 is 10.0 Å². The van der Waals surface area contributed by atoms with Gasteiger partial charge >= 0.3 is 5.97 Å². The molecule has 0 saturated carbocycles. The van der Waals surface area contributed by atoms with Gasteiger partial charge in [-0.1, -0.05) is 0 Å². The predicted molar refractivity (Wildman–Crippen MR) is 82.1 cm³/mol. The highest BCUT2D eigenvalue weighted by Crippen LogP contribution is 2.19. The maximum atomic E-state index is 11.6. The number of carbonyl (C=O) groups is 1. The number of hydrogen-bond donors (Lipinski definition) is 2. The van der Waals surface area contributed by atoms with Crippen LogP contribution in [-0.4, -0.2) is 71.7 Å². The van der Waals surface area contributed by atoms with E-state index in [0.717, 1.165) is 32.6 Å². The molecule has 1 aliphatic rings. The summed E-state index contributed by atoms with van der Waals surface area (Å²) in [7, 11) is 2.15. The lowest BCUT2D eigenvalue weighted by atomic mass is 9.92. The summed E-state index contributed by atoms with van der Waals surface area (Å²) in [5, 5.41) is 12.8. The monoisotopic (exact) mass is 285 g/mol. The lowest BCUT2D eigenvalue weighted by Crippen LogP contribution is -2.55. The molecule has 2 atom stereocenters. The van der Waals surface area contributed by atoms with Crippen LogP contribution in [0.5, 0.6) is 0 Å². The van der Waals surface area contributed by atoms with Gasteiger partial charge in [-0.2, -0.15) is 0 Å². The number of carboxylic acids is 1. The zero-order valence-electron chi connectivity index (χ0n) is 13.6. The summed E-state index contributed by atoms with van der Waals surface area (Å²) in [6, 6.07) is 0.437. The topological polar surface area (TPSA) is 55.8 Å². The molecule has 1 fully saturated rings. The summed E-state index contributed by atoms with van der Waals surface area (Å²) in [6.07, 6.45) is 1.78. The molecule has 0 aromatic carbocycles. The molecule has 1 aliphatic heterocycles. The van der Waals surface area contributed by atoms with E-state index < -0.39 is 11.5 Å². The molecule has 5 nitrogen and oxygen atoms in total. The van der Waals surface area contributed by atoms with E-state index in [9.17, 15) is 9.90 Å². The van der Waals surface area contributed by atoms with Gasteiger partial charge in [0, 0.05) is 25.2 Å². The van der Waals surface area contributed by atoms with Gasteiger partial charge in [0.05, 0.1) is 0 Å². The van der Waals surface area contributed by atoms with Gasteiger partial charge in [-0.3, -0.25) is 15.0 Å². The third kappa shape index (κ3) is 5.04. The normalized spacial score (nSPS) is 23.3. The maximum absolute atomic E-state index is 11.6. The lowest BCUT2D eigenvalue weighted by molar-refractivity contribution is -0.145. The Balaban J connectivity index is 2.65. The lowest BCUT2D eigenvalue weighted by Gasteiger charge is -2.36. The summed E-state index contributed by atoms with van der Waals surface area (Å²) in [4.78, 5) is 16.4. The number of hydrogen-bond acceptors (Lipinski definition) is 4. The van der Waals surface area contributed by atoms with Crippen LogP contribution in [-0.2, 0) is 4.79 Å². The zero-order valence-corrected chi connectivity index (χ0v) is 13.6. The Labute approximate surface area is 123 Å². The molecule has 1 rings (SSSR count). The van der Waals surface area contributed by atoms with Crippen LogP contribution in [0.25, 0.3) is 0 Å². The smallest absolute Gasteiger partial charge is 0.323 e. The fourth-order valence-electron chi connectivity index (χ4n) is 3.07. The molecule has 1 heterocycles. The molecule has 0 bridgehead atoms. The fourth-order valence-corrected chi connectivity index (χ4v) is 3.07. The van der Waals surface area contributed by atoms with Crippen molar-refractivity contribution in [3.63, 3.8) is 0 Å². The van der Waals surface area contributed by atoms with E-state index in [2.05, 4.69) is 29.1 Å². The number of rotatable bonds is 6. The van der Waals surface area contributed by atoms with Gasteiger partial charge in [0.1, 0.15) is 5.54 Å². The highest BCUT2D eigenvalue weighted by Gasteiger charge is 2.36. The van der Waals surface area contributed by atoms with Crippen molar-refractivity contribution in [3.8, 4) is 0 Å². The average molecular weight is 285 g/mol. The van der Waals surface area contributed by atoms with Gasteiger partial charge in [-0.05, 0) is 60.7 Å². The second-order valence-corrected chi connectivity index (χ2v) is 6.68. The van der Waals surface area contributed by atoms with Crippen LogP contribution >= 0.6 is 0 Å². The third-order valence-electron chi connectivity index (χ3n) is 4.16. The van der Waals surface area contributed by atoms with Crippen molar-refractivity contribution in [2.75, 3.05) is 33.2 Å². The molecular weight excluding hydrogens is 254 g/mol. The number of aliphatic carboxylic acids is 1. The molecule has 0 aromatic heterocycles. The number of likely N-dealkylation sites (N-methyl/N-ethyl adjacent to an activating group) is 1. The van der Waals surface area contributed by atoms with Gasteiger partial charge in [-0.25, -0.2) is 0 Å². The van der Waals surface area contributed by atoms with Crippen LogP contribution in [0.15, 0.2) is 0 Å². The van der Waals surface area contributed by atoms with Crippen molar-refractivity contribution >= 4 is 5.97 Å². The van der Waals surface area contributed by atoms with E-state index in [1.54, 1.807) is 6.92 Å². The van der Waals surface area contributed by atoms with E-state index in [1.807, 2.05) is 13.8 Å². The zero-order chi connectivity index (χ0) is 15.3. The van der Waals surface area contributed by atoms with Crippen LogP contribution < -0.4 is 5.32 Å². The molecule has 0 aliphatic carbocycles. The van der Waals surface area contributed by atoms with Crippen LogP contribution in [0.3, 0.4) is 0 Å². The fraction of sp³-hybridized carbons (Fsp3) is 0.933. The van der Waals surface area contributed by atoms with E-state index >= 15 is 0 Å². The molecule has 0 aromatic rings. The first-order chi connectivity index (χ1) is 9.24. The predicted octanol–water partition coefficient (Wildman–Crippen LogP) is 1.24. The maximum Gasteiger partial charge on any atom is 0.323 e. The number of carboxylic acid groups (broad SMARTS) is 1. The van der Waals surface area contributed by atoms with Crippen LogP contribution in [0.4, 0.5) is 0 Å². The summed E-state index contributed by atoms with van der Waals surface area (Å²) in [5.41, 5.74) is -0.855. The quantitative estimate of drug-likeness (QED) is 0.769. The molecule has 5 heteroatoms. The standard InChI is InChI=1S/C15H31N3O2/c1-12(2)16-15(4,14(19)20)11-13(3)18-8-6-7-17(5)9-10-18/h12-13,16H,6-11H2,1-5H3,(H,19,20). The van der Waals surface area contributed by atoms with Crippen molar-refractivity contribution in [2.24, 2.45) is 0 Å². The van der Waals surface area contributed by atoms with Crippen LogP contribution in [0, 0.1) is 0 Å². The van der Waals surface area contributed by atoms with Gasteiger partial charge in [0.25, 0.3) is 0 Å². The van der Waals surface area contributed by atoms with E-state index in [0.29, 0.717) is 6.42 Å². The SMILES string of the molecule is CC(C)NC(C)(CC(C)N1CCCN(C)CC1)C(=O)O. The Hall–Kier alpha value is -0.650. The molecule has 0 amide bonds. The van der Waals surface area contributed by atoms with Gasteiger partial charge in [0.15, 0.2) is 0 Å². The Morgan fingerprint density at radius 3 is 2.45 bits per heavy atom. The first kappa shape index (κ1) is 17.4. The van der Waals surface area contributed by atoms with Crippen molar-refractivity contribution in [1.29, 1.82) is 0 Å². The van der Waals surface area contributed by atoms with Gasteiger partial charge in [0.2, 0.25) is 0 Å². The molecule has 2 N–H and O–H groups in total. The van der Waals surface area contributed by atoms with E-state index in [4.69, 9.17) is 0 Å². The Bertz CT molecular complexity index is 322. The van der Waals surface area contributed by atoms with Crippen LogP contribution in [0.1, 0.15) is 40.5 Å². The van der Waals surface area contributed by atoms with Crippen molar-refractivity contribution in [1.82, 2.24) is 15.1 Å².